The van der Waals surface area contributed by atoms with Crippen molar-refractivity contribution in [3.63, 3.8) is 0 Å². The zero-order valence-electron chi connectivity index (χ0n) is 12.3. The summed E-state index contributed by atoms with van der Waals surface area (Å²) in [6, 6.07) is 1.66. The maximum atomic E-state index is 14.4. The van der Waals surface area contributed by atoms with Gasteiger partial charge in [-0.3, -0.25) is 4.99 Å². The molecular formula is C15H22FN5. The van der Waals surface area contributed by atoms with Crippen LogP contribution in [0.3, 0.4) is 0 Å². The quantitative estimate of drug-likeness (QED) is 0.674. The lowest BCUT2D eigenvalue weighted by Crippen LogP contribution is -2.52. The van der Waals surface area contributed by atoms with Crippen molar-refractivity contribution in [2.75, 3.05) is 19.6 Å². The predicted molar refractivity (Wildman–Crippen MR) is 82.9 cm³/mol. The number of hydrogen-bond acceptors (Lipinski definition) is 4. The summed E-state index contributed by atoms with van der Waals surface area (Å²) in [6.45, 7) is 7.57. The van der Waals surface area contributed by atoms with E-state index in [0.717, 1.165) is 35.1 Å². The molecule has 4 N–H and O–H groups in total. The van der Waals surface area contributed by atoms with E-state index in [0.29, 0.717) is 13.1 Å². The highest BCUT2D eigenvalue weighted by molar-refractivity contribution is 5.91. The second kappa shape index (κ2) is 5.61. The summed E-state index contributed by atoms with van der Waals surface area (Å²) >= 11 is 0. The van der Waals surface area contributed by atoms with Crippen molar-refractivity contribution in [3.8, 4) is 0 Å². The van der Waals surface area contributed by atoms with E-state index in [1.807, 2.05) is 24.1 Å². The molecule has 1 aromatic rings. The number of nitrogens with zero attached hydrogens (tertiary/aromatic N) is 2. The Bertz CT molecular complexity index is 649. The number of nitrogens with two attached hydrogens (primary N) is 1. The maximum absolute atomic E-state index is 14.4. The van der Waals surface area contributed by atoms with Crippen molar-refractivity contribution in [1.82, 2.24) is 15.2 Å². The van der Waals surface area contributed by atoms with Crippen LogP contribution in [0.4, 0.5) is 4.39 Å². The van der Waals surface area contributed by atoms with E-state index in [1.54, 1.807) is 0 Å². The Labute approximate surface area is 123 Å². The molecule has 1 fully saturated rings. The van der Waals surface area contributed by atoms with Gasteiger partial charge in [-0.1, -0.05) is 6.58 Å². The molecule has 0 aliphatic carbocycles. The molecule has 3 heterocycles. The average Bonchev–Trinajstić information content (AvgIpc) is 3.02. The predicted octanol–water partition coefficient (Wildman–Crippen LogP) is -0.705. The smallest absolute Gasteiger partial charge is 0.133 e. The first-order valence-electron chi connectivity index (χ1n) is 7.38. The number of amidine groups is 1. The molecule has 3 unspecified atom stereocenters. The molecule has 2 aliphatic rings. The molecule has 1 saturated heterocycles. The monoisotopic (exact) mass is 291 g/mol. The van der Waals surface area contributed by atoms with E-state index in [1.165, 1.54) is 0 Å². The van der Waals surface area contributed by atoms with Gasteiger partial charge in [0.15, 0.2) is 0 Å². The highest BCUT2D eigenvalue weighted by Crippen LogP contribution is 2.28. The molecule has 6 heteroatoms. The van der Waals surface area contributed by atoms with Crippen LogP contribution in [0.25, 0.3) is 12.3 Å². The first-order valence-corrected chi connectivity index (χ1v) is 7.38. The molecule has 0 spiro atoms. The Kier molecular flexibility index (Phi) is 3.82. The summed E-state index contributed by atoms with van der Waals surface area (Å²) in [5.74, 6) is 0.843. The third-order valence-electron chi connectivity index (χ3n) is 4.30. The van der Waals surface area contributed by atoms with Crippen LogP contribution in [-0.2, 0) is 0 Å². The number of rotatable bonds is 2. The molecule has 3 rings (SSSR count). The summed E-state index contributed by atoms with van der Waals surface area (Å²) in [4.78, 5) is 9.75. The van der Waals surface area contributed by atoms with Gasteiger partial charge in [0.05, 0.1) is 11.7 Å². The van der Waals surface area contributed by atoms with Gasteiger partial charge < -0.3 is 20.9 Å². The van der Waals surface area contributed by atoms with Gasteiger partial charge in [0.1, 0.15) is 18.0 Å². The fraction of sp³-hybridized carbons (Fsp3) is 0.533. The Morgan fingerprint density at radius 1 is 1.57 bits per heavy atom. The largest absolute Gasteiger partial charge is 0.362 e. The van der Waals surface area contributed by atoms with Crippen LogP contribution >= 0.6 is 0 Å². The molecule has 5 nitrogen and oxygen atoms in total. The Hall–Kier alpha value is -1.66. The molecule has 0 saturated carbocycles. The minimum atomic E-state index is -0.914. The fourth-order valence-corrected chi connectivity index (χ4v) is 3.32. The van der Waals surface area contributed by atoms with Crippen LogP contribution in [-0.4, -0.2) is 53.6 Å². The number of halogens is 1. The Morgan fingerprint density at radius 3 is 3.00 bits per heavy atom. The van der Waals surface area contributed by atoms with Crippen molar-refractivity contribution in [2.45, 2.75) is 31.6 Å². The minimum Gasteiger partial charge on any atom is -0.362 e. The van der Waals surface area contributed by atoms with Gasteiger partial charge in [0.25, 0.3) is 0 Å². The highest BCUT2D eigenvalue weighted by Gasteiger charge is 2.38. The van der Waals surface area contributed by atoms with E-state index in [4.69, 9.17) is 5.73 Å². The molecule has 3 atom stereocenters. The molecule has 0 bridgehead atoms. The van der Waals surface area contributed by atoms with Crippen molar-refractivity contribution < 1.29 is 4.39 Å². The van der Waals surface area contributed by atoms with E-state index >= 15 is 0 Å². The number of nitrogens with one attached hydrogen (secondary N) is 2. The first-order chi connectivity index (χ1) is 10.1. The second-order valence-electron chi connectivity index (χ2n) is 5.63. The van der Waals surface area contributed by atoms with Crippen LogP contribution in [0.2, 0.25) is 0 Å². The van der Waals surface area contributed by atoms with E-state index in [2.05, 4.69) is 21.9 Å². The van der Waals surface area contributed by atoms with Crippen molar-refractivity contribution >= 4 is 18.1 Å². The Balaban J connectivity index is 2.11. The topological polar surface area (TPSA) is 69.4 Å². The van der Waals surface area contributed by atoms with Gasteiger partial charge in [-0.15, -0.1) is 0 Å². The highest BCUT2D eigenvalue weighted by atomic mass is 19.1. The summed E-state index contributed by atoms with van der Waals surface area (Å²) in [7, 11) is 0. The van der Waals surface area contributed by atoms with E-state index in [9.17, 15) is 4.39 Å². The lowest BCUT2D eigenvalue weighted by Gasteiger charge is -2.37. The first kappa shape index (κ1) is 14.3. The maximum Gasteiger partial charge on any atom is 0.133 e. The number of aromatic nitrogens is 1. The standard InChI is InChI=1S/C15H22FN5/c1-9-11(3-6-19-9)15-13(7-17)20-10(2)21(15)14-4-5-18-8-12(14)16/h3,6,12-14,18-19H,1,4-5,7-8,17H2,2H3/b15-11+. The molecular weight excluding hydrogens is 269 g/mol. The number of H-pyrrole nitrogens is 1. The zero-order valence-corrected chi connectivity index (χ0v) is 12.3. The summed E-state index contributed by atoms with van der Waals surface area (Å²) in [5, 5.41) is 4.90. The van der Waals surface area contributed by atoms with Crippen molar-refractivity contribution in [1.29, 1.82) is 0 Å². The fourth-order valence-electron chi connectivity index (χ4n) is 3.32. The zero-order chi connectivity index (χ0) is 15.0. The number of hydrogen-bond donors (Lipinski definition) is 3. The summed E-state index contributed by atoms with van der Waals surface area (Å²) in [6.07, 6.45) is 1.69. The minimum absolute atomic E-state index is 0.122. The van der Waals surface area contributed by atoms with E-state index < -0.39 is 6.17 Å². The van der Waals surface area contributed by atoms with Crippen LogP contribution in [0.5, 0.6) is 0 Å². The van der Waals surface area contributed by atoms with Crippen LogP contribution < -0.4 is 21.6 Å². The lowest BCUT2D eigenvalue weighted by molar-refractivity contribution is 0.168. The van der Waals surface area contributed by atoms with Crippen molar-refractivity contribution in [3.05, 3.63) is 22.8 Å². The third kappa shape index (κ3) is 2.38. The van der Waals surface area contributed by atoms with Gasteiger partial charge in [-0.2, -0.15) is 0 Å². The molecule has 114 valence electrons. The van der Waals surface area contributed by atoms with Gasteiger partial charge in [0.2, 0.25) is 0 Å². The average molecular weight is 291 g/mol. The number of piperidine rings is 1. The van der Waals surface area contributed by atoms with Gasteiger partial charge in [0, 0.05) is 29.9 Å². The van der Waals surface area contributed by atoms with Crippen LogP contribution in [0, 0.1) is 0 Å². The molecule has 0 amide bonds. The molecule has 21 heavy (non-hydrogen) atoms. The summed E-state index contributed by atoms with van der Waals surface area (Å²) in [5.41, 5.74) is 6.86. The van der Waals surface area contributed by atoms with Crippen molar-refractivity contribution in [2.24, 2.45) is 10.7 Å². The Morgan fingerprint density at radius 2 is 2.38 bits per heavy atom. The number of aromatic amines is 1. The molecule has 1 aromatic heterocycles. The molecule has 0 aromatic carbocycles. The molecule has 0 radical (unpaired) electrons. The SMILES string of the molecule is C=c1[nH]cc/c1=C1/C(CN)N=C(C)N1C1CCNCC1F. The van der Waals surface area contributed by atoms with E-state index in [-0.39, 0.29) is 12.1 Å². The second-order valence-corrected chi connectivity index (χ2v) is 5.63. The number of aliphatic imine (C=N–C) groups is 1. The normalized spacial score (nSPS) is 32.4. The molecule has 2 aliphatic heterocycles. The summed E-state index contributed by atoms with van der Waals surface area (Å²) < 4.78 is 14.4. The van der Waals surface area contributed by atoms with Gasteiger partial charge in [-0.25, -0.2) is 4.39 Å². The van der Waals surface area contributed by atoms with Crippen LogP contribution in [0.1, 0.15) is 13.3 Å². The number of alkyl halides is 1. The third-order valence-corrected chi connectivity index (χ3v) is 4.30. The lowest BCUT2D eigenvalue weighted by atomic mass is 10.0. The van der Waals surface area contributed by atoms with Gasteiger partial charge >= 0.3 is 0 Å². The van der Waals surface area contributed by atoms with Crippen LogP contribution in [0.15, 0.2) is 17.3 Å². The van der Waals surface area contributed by atoms with Gasteiger partial charge in [-0.05, 0) is 26.0 Å².